The van der Waals surface area contributed by atoms with Gasteiger partial charge in [-0.05, 0) is 38.0 Å². The summed E-state index contributed by atoms with van der Waals surface area (Å²) in [5, 5.41) is 11.9. The van der Waals surface area contributed by atoms with Crippen molar-refractivity contribution in [2.45, 2.75) is 31.4 Å². The predicted octanol–water partition coefficient (Wildman–Crippen LogP) is 2.16. The lowest BCUT2D eigenvalue weighted by atomic mass is 10.00. The number of anilines is 2. The van der Waals surface area contributed by atoms with Crippen LogP contribution in [0.15, 0.2) is 47.6 Å². The summed E-state index contributed by atoms with van der Waals surface area (Å²) in [6.07, 6.45) is 8.59. The largest absolute Gasteiger partial charge is 0.484 e. The average molecular weight is 451 g/mol. The van der Waals surface area contributed by atoms with E-state index in [1.54, 1.807) is 18.9 Å². The molecule has 5 rings (SSSR count). The van der Waals surface area contributed by atoms with Crippen LogP contribution in [-0.2, 0) is 0 Å². The molecule has 33 heavy (non-hydrogen) atoms. The third-order valence-corrected chi connectivity index (χ3v) is 6.27. The van der Waals surface area contributed by atoms with E-state index < -0.39 is 11.9 Å². The Balaban J connectivity index is 1.30. The molecule has 10 heteroatoms. The molecule has 1 aliphatic carbocycles. The lowest BCUT2D eigenvalue weighted by Crippen LogP contribution is -2.49. The van der Waals surface area contributed by atoms with E-state index in [1.165, 1.54) is 12.1 Å². The van der Waals surface area contributed by atoms with Crippen LogP contribution in [0.4, 0.5) is 15.9 Å². The predicted molar refractivity (Wildman–Crippen MR) is 125 cm³/mol. The van der Waals surface area contributed by atoms with Crippen molar-refractivity contribution >= 4 is 23.6 Å². The molecule has 1 aromatic heterocycles. The first-order chi connectivity index (χ1) is 15.9. The zero-order valence-corrected chi connectivity index (χ0v) is 18.5. The number of nitrogens with zero attached hydrogens (tertiary/aromatic N) is 5. The highest BCUT2D eigenvalue weighted by Gasteiger charge is 2.41. The van der Waals surface area contributed by atoms with Crippen LogP contribution >= 0.6 is 0 Å². The second-order valence-corrected chi connectivity index (χ2v) is 8.80. The fourth-order valence-corrected chi connectivity index (χ4v) is 4.01. The molecule has 1 saturated carbocycles. The monoisotopic (exact) mass is 450 g/mol. The first-order valence-corrected chi connectivity index (χ1v) is 11.0. The van der Waals surface area contributed by atoms with Crippen molar-refractivity contribution < 1.29 is 9.13 Å². The summed E-state index contributed by atoms with van der Waals surface area (Å²) in [5.41, 5.74) is 6.58. The number of hydrogen-bond donors (Lipinski definition) is 3. The Kier molecular flexibility index (Phi) is 5.35. The molecule has 9 nitrogen and oxygen atoms in total. The van der Waals surface area contributed by atoms with Gasteiger partial charge in [-0.15, -0.1) is 0 Å². The van der Waals surface area contributed by atoms with E-state index in [2.05, 4.69) is 30.1 Å². The van der Waals surface area contributed by atoms with Gasteiger partial charge in [-0.3, -0.25) is 4.99 Å². The molecule has 2 aliphatic heterocycles. The van der Waals surface area contributed by atoms with Crippen molar-refractivity contribution in [1.29, 1.82) is 5.41 Å². The number of rotatable bonds is 6. The van der Waals surface area contributed by atoms with E-state index in [0.717, 1.165) is 50.7 Å². The molecule has 0 bridgehead atoms. The lowest BCUT2D eigenvalue weighted by molar-refractivity contribution is 0.191. The first-order valence-electron chi connectivity index (χ1n) is 11.0. The van der Waals surface area contributed by atoms with Gasteiger partial charge in [0.1, 0.15) is 29.6 Å². The zero-order valence-electron chi connectivity index (χ0n) is 18.5. The fraction of sp³-hybridized carbons (Fsp3) is 0.391. The molecular weight excluding hydrogens is 423 g/mol. The van der Waals surface area contributed by atoms with Crippen LogP contribution in [0.5, 0.6) is 5.75 Å². The molecule has 0 amide bonds. The summed E-state index contributed by atoms with van der Waals surface area (Å²) in [6, 6.07) is 4.14. The first kappa shape index (κ1) is 21.2. The number of ether oxygens (including phenoxy) is 1. The number of aliphatic imine (C=N–C) groups is 1. The highest BCUT2D eigenvalue weighted by molar-refractivity contribution is 6.08. The van der Waals surface area contributed by atoms with Gasteiger partial charge >= 0.3 is 0 Å². The summed E-state index contributed by atoms with van der Waals surface area (Å²) in [4.78, 5) is 17.2. The van der Waals surface area contributed by atoms with Gasteiger partial charge in [-0.1, -0.05) is 0 Å². The molecule has 1 aromatic carbocycles. The Bertz CT molecular complexity index is 1110. The zero-order chi connectivity index (χ0) is 23.0. The van der Waals surface area contributed by atoms with Crippen LogP contribution in [0.1, 0.15) is 25.3 Å². The standard InChI is InChI=1S/C23H27FN8O/c1-23(3-4-23)33-19-10-15(17(25)11-16(19)24)22(26)18-12-21(30-14-28-18)32-8-6-31(7-9-32)20-2-5-27-13-29-20/h2,5,10-14,18,26H,3-4,6-9,25H2,1H3,(H,28,30). The van der Waals surface area contributed by atoms with E-state index in [9.17, 15) is 4.39 Å². The summed E-state index contributed by atoms with van der Waals surface area (Å²) in [5.74, 6) is 1.43. The van der Waals surface area contributed by atoms with Gasteiger partial charge in [-0.2, -0.15) is 0 Å². The maximum Gasteiger partial charge on any atom is 0.167 e. The van der Waals surface area contributed by atoms with E-state index >= 15 is 0 Å². The number of aromatic nitrogens is 2. The van der Waals surface area contributed by atoms with Gasteiger partial charge in [0.25, 0.3) is 0 Å². The quantitative estimate of drug-likeness (QED) is 0.456. The number of nitrogen functional groups attached to an aromatic ring is 1. The normalized spacial score (nSPS) is 21.3. The van der Waals surface area contributed by atoms with Crippen LogP contribution in [0.3, 0.4) is 0 Å². The summed E-state index contributed by atoms with van der Waals surface area (Å²) < 4.78 is 20.2. The number of halogens is 1. The molecule has 2 fully saturated rings. The van der Waals surface area contributed by atoms with Crippen LogP contribution < -0.4 is 20.7 Å². The fourth-order valence-electron chi connectivity index (χ4n) is 4.01. The van der Waals surface area contributed by atoms with Crippen molar-refractivity contribution in [1.82, 2.24) is 20.2 Å². The second kappa shape index (κ2) is 8.34. The third-order valence-electron chi connectivity index (χ3n) is 6.27. The van der Waals surface area contributed by atoms with Crippen LogP contribution in [0.2, 0.25) is 0 Å². The molecular formula is C23H27FN8O. The topological polar surface area (TPSA) is 116 Å². The molecule has 0 radical (unpaired) electrons. The number of nitrogens with one attached hydrogen (secondary N) is 2. The molecule has 0 spiro atoms. The Labute approximate surface area is 191 Å². The minimum atomic E-state index is -0.529. The van der Waals surface area contributed by atoms with Gasteiger partial charge in [-0.25, -0.2) is 14.4 Å². The van der Waals surface area contributed by atoms with Gasteiger partial charge in [0.2, 0.25) is 0 Å². The number of benzene rings is 1. The Hall–Kier alpha value is -3.69. The van der Waals surface area contributed by atoms with E-state index in [4.69, 9.17) is 15.9 Å². The van der Waals surface area contributed by atoms with E-state index in [-0.39, 0.29) is 22.7 Å². The highest BCUT2D eigenvalue weighted by Crippen LogP contribution is 2.41. The third kappa shape index (κ3) is 4.46. The lowest BCUT2D eigenvalue weighted by Gasteiger charge is -2.38. The van der Waals surface area contributed by atoms with Crippen LogP contribution in [-0.4, -0.2) is 64.7 Å². The van der Waals surface area contributed by atoms with Gasteiger partial charge in [0.05, 0.1) is 12.1 Å². The Morgan fingerprint density at radius 2 is 2.00 bits per heavy atom. The minimum absolute atomic E-state index is 0.131. The SMILES string of the molecule is CC1(Oc2cc(C(=N)C3C=C(N4CCN(c5ccncn5)CC4)NC=N3)c(N)cc2F)CC1. The number of nitrogens with two attached hydrogens (primary N) is 1. The van der Waals surface area contributed by atoms with Crippen molar-refractivity contribution in [3.63, 3.8) is 0 Å². The Morgan fingerprint density at radius 3 is 2.70 bits per heavy atom. The molecule has 1 saturated heterocycles. The van der Waals surface area contributed by atoms with Crippen LogP contribution in [0.25, 0.3) is 0 Å². The summed E-state index contributed by atoms with van der Waals surface area (Å²) in [6.45, 7) is 5.18. The molecule has 2 aromatic rings. The van der Waals surface area contributed by atoms with Crippen LogP contribution in [0, 0.1) is 11.2 Å². The van der Waals surface area contributed by atoms with E-state index in [0.29, 0.717) is 5.56 Å². The highest BCUT2D eigenvalue weighted by atomic mass is 19.1. The minimum Gasteiger partial charge on any atom is -0.484 e. The van der Waals surface area contributed by atoms with Gasteiger partial charge in [0, 0.05) is 49.7 Å². The smallest absolute Gasteiger partial charge is 0.167 e. The summed E-state index contributed by atoms with van der Waals surface area (Å²) >= 11 is 0. The maximum absolute atomic E-state index is 14.4. The molecule has 3 heterocycles. The van der Waals surface area contributed by atoms with Crippen molar-refractivity contribution in [2.24, 2.45) is 4.99 Å². The molecule has 3 aliphatic rings. The van der Waals surface area contributed by atoms with Crippen molar-refractivity contribution in [3.05, 3.63) is 54.0 Å². The van der Waals surface area contributed by atoms with Crippen molar-refractivity contribution in [2.75, 3.05) is 36.8 Å². The average Bonchev–Trinajstić information content (AvgIpc) is 3.58. The van der Waals surface area contributed by atoms with Crippen molar-refractivity contribution in [3.8, 4) is 5.75 Å². The Morgan fingerprint density at radius 1 is 1.24 bits per heavy atom. The van der Waals surface area contributed by atoms with Gasteiger partial charge < -0.3 is 31.0 Å². The van der Waals surface area contributed by atoms with E-state index in [1.807, 2.05) is 19.1 Å². The molecule has 1 atom stereocenters. The number of piperazine rings is 1. The maximum atomic E-state index is 14.4. The summed E-state index contributed by atoms with van der Waals surface area (Å²) in [7, 11) is 0. The van der Waals surface area contributed by atoms with Gasteiger partial charge in [0.15, 0.2) is 11.6 Å². The molecule has 172 valence electrons. The second-order valence-electron chi connectivity index (χ2n) is 8.80. The number of hydrogen-bond acceptors (Lipinski definition) is 9. The molecule has 1 unspecified atom stereocenters. The molecule has 4 N–H and O–H groups in total.